The van der Waals surface area contributed by atoms with Crippen molar-refractivity contribution in [1.29, 1.82) is 0 Å². The molecule has 1 aromatic heterocycles. The van der Waals surface area contributed by atoms with Crippen molar-refractivity contribution in [3.05, 3.63) is 70.3 Å². The van der Waals surface area contributed by atoms with Crippen molar-refractivity contribution in [2.75, 3.05) is 18.1 Å². The fraction of sp³-hybridized carbons (Fsp3) is 0.375. The fourth-order valence-electron chi connectivity index (χ4n) is 4.27. The lowest BCUT2D eigenvalue weighted by Gasteiger charge is -2.28. The van der Waals surface area contributed by atoms with Crippen LogP contribution in [-0.4, -0.2) is 52.9 Å². The SMILES string of the molecule is CCCCN(C(=O)c1ccc(-n2c(C)nc3ccccc3c2=O)cc1)C1CCS(=O)(=O)C1. The molecule has 1 fully saturated rings. The van der Waals surface area contributed by atoms with Gasteiger partial charge in [0, 0.05) is 18.2 Å². The molecule has 2 heterocycles. The molecular weight excluding hydrogens is 426 g/mol. The lowest BCUT2D eigenvalue weighted by molar-refractivity contribution is 0.0694. The molecule has 7 nitrogen and oxygen atoms in total. The number of hydrogen-bond acceptors (Lipinski definition) is 5. The van der Waals surface area contributed by atoms with Crippen LogP contribution in [0.3, 0.4) is 0 Å². The average molecular weight is 454 g/mol. The minimum Gasteiger partial charge on any atom is -0.335 e. The number of benzene rings is 2. The Balaban J connectivity index is 1.65. The van der Waals surface area contributed by atoms with Crippen molar-refractivity contribution in [3.8, 4) is 5.69 Å². The monoisotopic (exact) mass is 453 g/mol. The average Bonchev–Trinajstić information content (AvgIpc) is 3.13. The predicted molar refractivity (Wildman–Crippen MR) is 125 cm³/mol. The molecule has 168 valence electrons. The van der Waals surface area contributed by atoms with E-state index in [2.05, 4.69) is 4.98 Å². The summed E-state index contributed by atoms with van der Waals surface area (Å²) in [6.07, 6.45) is 2.21. The minimum absolute atomic E-state index is 0.0257. The first-order chi connectivity index (χ1) is 15.3. The third-order valence-electron chi connectivity index (χ3n) is 5.98. The largest absolute Gasteiger partial charge is 0.335 e. The minimum atomic E-state index is -3.09. The second-order valence-electron chi connectivity index (χ2n) is 8.27. The summed E-state index contributed by atoms with van der Waals surface area (Å²) in [5.41, 5.74) is 1.60. The number of hydrogen-bond donors (Lipinski definition) is 0. The van der Waals surface area contributed by atoms with Gasteiger partial charge in [-0.2, -0.15) is 0 Å². The number of unbranched alkanes of at least 4 members (excludes halogenated alkanes) is 1. The van der Waals surface area contributed by atoms with Crippen LogP contribution < -0.4 is 5.56 Å². The fourth-order valence-corrected chi connectivity index (χ4v) is 6.00. The summed E-state index contributed by atoms with van der Waals surface area (Å²) < 4.78 is 25.5. The van der Waals surface area contributed by atoms with Gasteiger partial charge in [0.2, 0.25) is 0 Å². The van der Waals surface area contributed by atoms with E-state index in [1.165, 1.54) is 4.57 Å². The van der Waals surface area contributed by atoms with Gasteiger partial charge in [-0.15, -0.1) is 0 Å². The topological polar surface area (TPSA) is 89.3 Å². The summed E-state index contributed by atoms with van der Waals surface area (Å²) in [6, 6.07) is 13.8. The van der Waals surface area contributed by atoms with E-state index in [1.54, 1.807) is 48.2 Å². The number of fused-ring (bicyclic) bond motifs is 1. The summed E-state index contributed by atoms with van der Waals surface area (Å²) in [5, 5.41) is 0.534. The lowest BCUT2D eigenvalue weighted by atomic mass is 10.1. The van der Waals surface area contributed by atoms with E-state index in [0.717, 1.165) is 12.8 Å². The first-order valence-electron chi connectivity index (χ1n) is 10.9. The predicted octanol–water partition coefficient (Wildman–Crippen LogP) is 3.12. The molecule has 0 bridgehead atoms. The van der Waals surface area contributed by atoms with E-state index in [9.17, 15) is 18.0 Å². The van der Waals surface area contributed by atoms with Crippen LogP contribution in [0, 0.1) is 6.92 Å². The van der Waals surface area contributed by atoms with E-state index in [-0.39, 0.29) is 29.0 Å². The Labute approximate surface area is 187 Å². The molecule has 2 aromatic carbocycles. The Kier molecular flexibility index (Phi) is 6.15. The molecule has 1 atom stereocenters. The molecule has 1 amide bonds. The quantitative estimate of drug-likeness (QED) is 0.572. The molecule has 32 heavy (non-hydrogen) atoms. The number of carbonyl (C=O) groups is 1. The zero-order valence-corrected chi connectivity index (χ0v) is 19.1. The molecular formula is C24H27N3O4S. The first-order valence-corrected chi connectivity index (χ1v) is 12.7. The highest BCUT2D eigenvalue weighted by Crippen LogP contribution is 2.22. The van der Waals surface area contributed by atoms with Crippen LogP contribution in [0.5, 0.6) is 0 Å². The third kappa shape index (κ3) is 4.32. The van der Waals surface area contributed by atoms with E-state index in [1.807, 2.05) is 19.1 Å². The van der Waals surface area contributed by atoms with Crippen molar-refractivity contribution in [2.45, 2.75) is 39.2 Å². The Morgan fingerprint density at radius 2 is 1.88 bits per heavy atom. The van der Waals surface area contributed by atoms with Crippen molar-refractivity contribution in [3.63, 3.8) is 0 Å². The second kappa shape index (κ2) is 8.86. The Bertz CT molecular complexity index is 1310. The molecule has 1 aliphatic rings. The second-order valence-corrected chi connectivity index (χ2v) is 10.5. The number of amides is 1. The van der Waals surface area contributed by atoms with Crippen molar-refractivity contribution in [2.24, 2.45) is 0 Å². The Morgan fingerprint density at radius 1 is 1.16 bits per heavy atom. The Morgan fingerprint density at radius 3 is 2.53 bits per heavy atom. The molecule has 0 spiro atoms. The molecule has 0 saturated carbocycles. The van der Waals surface area contributed by atoms with Crippen LogP contribution in [0.15, 0.2) is 53.3 Å². The zero-order valence-electron chi connectivity index (χ0n) is 18.3. The van der Waals surface area contributed by atoms with Crippen molar-refractivity contribution >= 4 is 26.6 Å². The van der Waals surface area contributed by atoms with Crippen molar-refractivity contribution < 1.29 is 13.2 Å². The summed E-state index contributed by atoms with van der Waals surface area (Å²) in [5.74, 6) is 0.544. The van der Waals surface area contributed by atoms with Crippen LogP contribution in [-0.2, 0) is 9.84 Å². The van der Waals surface area contributed by atoms with Crippen LogP contribution in [0.25, 0.3) is 16.6 Å². The number of aryl methyl sites for hydroxylation is 1. The van der Waals surface area contributed by atoms with Crippen LogP contribution in [0.2, 0.25) is 0 Å². The van der Waals surface area contributed by atoms with Gasteiger partial charge in [0.15, 0.2) is 9.84 Å². The maximum absolute atomic E-state index is 13.3. The summed E-state index contributed by atoms with van der Waals surface area (Å²) in [6.45, 7) is 4.35. The third-order valence-corrected chi connectivity index (χ3v) is 7.73. The maximum atomic E-state index is 13.3. The molecule has 0 aliphatic carbocycles. The number of sulfone groups is 1. The standard InChI is InChI=1S/C24H27N3O4S/c1-3-4-14-26(20-13-15-32(30,31)16-20)23(28)18-9-11-19(12-10-18)27-17(2)25-22-8-6-5-7-21(22)24(27)29/h5-12,20H,3-4,13-16H2,1-2H3. The highest BCUT2D eigenvalue weighted by Gasteiger charge is 2.34. The lowest BCUT2D eigenvalue weighted by Crippen LogP contribution is -2.41. The number of aromatic nitrogens is 2. The molecule has 8 heteroatoms. The molecule has 0 radical (unpaired) electrons. The normalized spacial score (nSPS) is 17.5. The smallest absolute Gasteiger partial charge is 0.265 e. The summed E-state index contributed by atoms with van der Waals surface area (Å²) >= 11 is 0. The number of carbonyl (C=O) groups excluding carboxylic acids is 1. The van der Waals surface area contributed by atoms with E-state index >= 15 is 0 Å². The molecule has 0 N–H and O–H groups in total. The maximum Gasteiger partial charge on any atom is 0.265 e. The van der Waals surface area contributed by atoms with Crippen LogP contribution in [0.4, 0.5) is 0 Å². The van der Waals surface area contributed by atoms with Gasteiger partial charge >= 0.3 is 0 Å². The molecule has 1 saturated heterocycles. The molecule has 3 aromatic rings. The highest BCUT2D eigenvalue weighted by molar-refractivity contribution is 7.91. The van der Waals surface area contributed by atoms with Gasteiger partial charge in [0.1, 0.15) is 5.82 Å². The number of nitrogens with zero attached hydrogens (tertiary/aromatic N) is 3. The highest BCUT2D eigenvalue weighted by atomic mass is 32.2. The molecule has 1 unspecified atom stereocenters. The van der Waals surface area contributed by atoms with Gasteiger partial charge in [0.05, 0.1) is 28.1 Å². The van der Waals surface area contributed by atoms with Gasteiger partial charge in [-0.25, -0.2) is 13.4 Å². The van der Waals surface area contributed by atoms with E-state index < -0.39 is 9.84 Å². The van der Waals surface area contributed by atoms with E-state index in [4.69, 9.17) is 0 Å². The van der Waals surface area contributed by atoms with Gasteiger partial charge in [0.25, 0.3) is 11.5 Å². The molecule has 4 rings (SSSR count). The number of rotatable bonds is 6. The van der Waals surface area contributed by atoms with E-state index in [0.29, 0.717) is 40.9 Å². The number of para-hydroxylation sites is 1. The van der Waals surface area contributed by atoms with Gasteiger partial charge in [-0.1, -0.05) is 25.5 Å². The summed E-state index contributed by atoms with van der Waals surface area (Å²) in [7, 11) is -3.09. The molecule has 1 aliphatic heterocycles. The van der Waals surface area contributed by atoms with Gasteiger partial charge < -0.3 is 4.90 Å². The summed E-state index contributed by atoms with van der Waals surface area (Å²) in [4.78, 5) is 32.5. The van der Waals surface area contributed by atoms with Crippen LogP contribution >= 0.6 is 0 Å². The van der Waals surface area contributed by atoms with Crippen molar-refractivity contribution in [1.82, 2.24) is 14.5 Å². The Hall–Kier alpha value is -3.00. The van der Waals surface area contributed by atoms with Gasteiger partial charge in [-0.3, -0.25) is 14.2 Å². The van der Waals surface area contributed by atoms with Crippen LogP contribution in [0.1, 0.15) is 42.4 Å². The van der Waals surface area contributed by atoms with Gasteiger partial charge in [-0.05, 0) is 56.2 Å². The first kappa shape index (κ1) is 22.2. The zero-order chi connectivity index (χ0) is 22.9.